The Morgan fingerprint density at radius 3 is 1.88 bits per heavy atom. The van der Waals surface area contributed by atoms with E-state index in [9.17, 15) is 0 Å². The summed E-state index contributed by atoms with van der Waals surface area (Å²) in [6, 6.07) is 28.7. The van der Waals surface area contributed by atoms with Gasteiger partial charge in [0.1, 0.15) is 5.75 Å². The van der Waals surface area contributed by atoms with Gasteiger partial charge in [0.05, 0.1) is 18.9 Å². The molecule has 3 aromatic rings. The predicted molar refractivity (Wildman–Crippen MR) is 109 cm³/mol. The Kier molecular flexibility index (Phi) is 6.00. The van der Waals surface area contributed by atoms with E-state index in [-0.39, 0.29) is 6.04 Å². The summed E-state index contributed by atoms with van der Waals surface area (Å²) in [6.07, 6.45) is 2.70. The topological polar surface area (TPSA) is 21.6 Å². The van der Waals surface area contributed by atoms with Crippen LogP contribution < -0.4 is 4.74 Å². The summed E-state index contributed by atoms with van der Waals surface area (Å²) < 4.78 is 5.27. The second-order valence-corrected chi connectivity index (χ2v) is 6.02. The molecule has 130 valence electrons. The zero-order valence-electron chi connectivity index (χ0n) is 15.0. The van der Waals surface area contributed by atoms with Crippen LogP contribution in [0.3, 0.4) is 0 Å². The van der Waals surface area contributed by atoms with Gasteiger partial charge in [0, 0.05) is 11.1 Å². The lowest BCUT2D eigenvalue weighted by molar-refractivity contribution is 0.414. The number of benzene rings is 3. The predicted octanol–water partition coefficient (Wildman–Crippen LogP) is 5.85. The highest BCUT2D eigenvalue weighted by Gasteiger charge is 2.13. The van der Waals surface area contributed by atoms with Crippen molar-refractivity contribution < 1.29 is 4.74 Å². The third-order valence-corrected chi connectivity index (χ3v) is 4.27. The maximum Gasteiger partial charge on any atom is 0.118 e. The fraction of sp³-hybridized carbons (Fsp3) is 0.125. The highest BCUT2D eigenvalue weighted by molar-refractivity contribution is 6.13. The van der Waals surface area contributed by atoms with Gasteiger partial charge in [-0.05, 0) is 24.1 Å². The van der Waals surface area contributed by atoms with Crippen molar-refractivity contribution in [3.05, 3.63) is 114 Å². The first-order chi connectivity index (χ1) is 12.8. The molecule has 0 radical (unpaired) electrons. The molecular formula is C24H23NO. The molecule has 0 aliphatic rings. The van der Waals surface area contributed by atoms with Gasteiger partial charge in [0.25, 0.3) is 0 Å². The van der Waals surface area contributed by atoms with Gasteiger partial charge in [0.15, 0.2) is 0 Å². The lowest BCUT2D eigenvalue weighted by Crippen LogP contribution is -2.07. The Morgan fingerprint density at radius 2 is 1.42 bits per heavy atom. The van der Waals surface area contributed by atoms with Gasteiger partial charge in [-0.25, -0.2) is 0 Å². The van der Waals surface area contributed by atoms with E-state index in [1.807, 2.05) is 54.6 Å². The summed E-state index contributed by atoms with van der Waals surface area (Å²) in [4.78, 5) is 5.14. The molecule has 1 unspecified atom stereocenters. The minimum atomic E-state index is 0.00817. The van der Waals surface area contributed by atoms with E-state index in [1.54, 1.807) is 7.11 Å². The maximum atomic E-state index is 5.27. The Balaban J connectivity index is 2.06. The quantitative estimate of drug-likeness (QED) is 0.390. The molecule has 0 bridgehead atoms. The average molecular weight is 341 g/mol. The molecule has 2 heteroatoms. The highest BCUT2D eigenvalue weighted by atomic mass is 16.5. The number of aliphatic imine (C=N–C) groups is 1. The van der Waals surface area contributed by atoms with Crippen molar-refractivity contribution >= 4 is 5.71 Å². The second-order valence-electron chi connectivity index (χ2n) is 6.02. The molecular weight excluding hydrogens is 318 g/mol. The van der Waals surface area contributed by atoms with Crippen LogP contribution in [-0.2, 0) is 0 Å². The molecule has 0 heterocycles. The number of nitrogens with zero attached hydrogens (tertiary/aromatic N) is 1. The van der Waals surface area contributed by atoms with Crippen LogP contribution in [0.5, 0.6) is 5.75 Å². The standard InChI is InChI=1S/C24H23NO/c1-3-10-23(19-15-17-22(26-2)18-16-19)25-24(20-11-6-4-7-12-20)21-13-8-5-9-14-21/h3-9,11-18,23H,1,10H2,2H3. The number of hydrogen-bond donors (Lipinski definition) is 0. The van der Waals surface area contributed by atoms with Gasteiger partial charge in [-0.2, -0.15) is 0 Å². The van der Waals surface area contributed by atoms with E-state index in [1.165, 1.54) is 0 Å². The molecule has 0 amide bonds. The molecule has 0 N–H and O–H groups in total. The van der Waals surface area contributed by atoms with Crippen LogP contribution in [0.4, 0.5) is 0 Å². The lowest BCUT2D eigenvalue weighted by atomic mass is 9.99. The third-order valence-electron chi connectivity index (χ3n) is 4.27. The largest absolute Gasteiger partial charge is 0.497 e. The zero-order valence-corrected chi connectivity index (χ0v) is 15.0. The molecule has 3 aromatic carbocycles. The molecule has 0 fully saturated rings. The van der Waals surface area contributed by atoms with E-state index in [0.717, 1.165) is 34.6 Å². The van der Waals surface area contributed by atoms with E-state index in [2.05, 4.69) is 43.0 Å². The fourth-order valence-corrected chi connectivity index (χ4v) is 2.91. The number of methoxy groups -OCH3 is 1. The lowest BCUT2D eigenvalue weighted by Gasteiger charge is -2.16. The fourth-order valence-electron chi connectivity index (χ4n) is 2.91. The summed E-state index contributed by atoms with van der Waals surface area (Å²) in [5.74, 6) is 0.849. The van der Waals surface area contributed by atoms with Crippen molar-refractivity contribution in [2.45, 2.75) is 12.5 Å². The monoisotopic (exact) mass is 341 g/mol. The minimum absolute atomic E-state index is 0.00817. The summed E-state index contributed by atoms with van der Waals surface area (Å²) in [5.41, 5.74) is 4.37. The van der Waals surface area contributed by atoms with Crippen molar-refractivity contribution in [1.29, 1.82) is 0 Å². The van der Waals surface area contributed by atoms with E-state index >= 15 is 0 Å². The Bertz CT molecular complexity index is 810. The normalized spacial score (nSPS) is 11.4. The minimum Gasteiger partial charge on any atom is -0.497 e. The van der Waals surface area contributed by atoms with Crippen molar-refractivity contribution in [3.8, 4) is 5.75 Å². The SMILES string of the molecule is C=CCC(N=C(c1ccccc1)c1ccccc1)c1ccc(OC)cc1. The van der Waals surface area contributed by atoms with Gasteiger partial charge < -0.3 is 4.74 Å². The third kappa shape index (κ3) is 4.28. The van der Waals surface area contributed by atoms with Crippen LogP contribution in [-0.4, -0.2) is 12.8 Å². The van der Waals surface area contributed by atoms with E-state index < -0.39 is 0 Å². The van der Waals surface area contributed by atoms with E-state index in [0.29, 0.717) is 0 Å². The number of hydrogen-bond acceptors (Lipinski definition) is 2. The molecule has 26 heavy (non-hydrogen) atoms. The molecule has 0 saturated carbocycles. The smallest absolute Gasteiger partial charge is 0.118 e. The first-order valence-corrected chi connectivity index (χ1v) is 8.75. The Hall–Kier alpha value is -3.13. The van der Waals surface area contributed by atoms with Gasteiger partial charge in [0.2, 0.25) is 0 Å². The Labute approximate surface area is 155 Å². The molecule has 1 atom stereocenters. The zero-order chi connectivity index (χ0) is 18.2. The average Bonchev–Trinajstić information content (AvgIpc) is 2.72. The van der Waals surface area contributed by atoms with Crippen LogP contribution in [0.25, 0.3) is 0 Å². The summed E-state index contributed by atoms with van der Waals surface area (Å²) in [5, 5.41) is 0. The van der Waals surface area contributed by atoms with Crippen LogP contribution in [0.15, 0.2) is 103 Å². The first-order valence-electron chi connectivity index (χ1n) is 8.75. The molecule has 0 saturated heterocycles. The van der Waals surface area contributed by atoms with Crippen LogP contribution >= 0.6 is 0 Å². The summed E-state index contributed by atoms with van der Waals surface area (Å²) in [7, 11) is 1.68. The van der Waals surface area contributed by atoms with Gasteiger partial charge in [-0.15, -0.1) is 6.58 Å². The number of rotatable bonds is 7. The summed E-state index contributed by atoms with van der Waals surface area (Å²) >= 11 is 0. The van der Waals surface area contributed by atoms with Crippen LogP contribution in [0.1, 0.15) is 29.2 Å². The molecule has 3 rings (SSSR count). The van der Waals surface area contributed by atoms with Crippen molar-refractivity contribution in [2.75, 3.05) is 7.11 Å². The van der Waals surface area contributed by atoms with Gasteiger partial charge >= 0.3 is 0 Å². The summed E-state index contributed by atoms with van der Waals surface area (Å²) in [6.45, 7) is 3.92. The maximum absolute atomic E-state index is 5.27. The van der Waals surface area contributed by atoms with E-state index in [4.69, 9.17) is 9.73 Å². The van der Waals surface area contributed by atoms with Crippen molar-refractivity contribution in [3.63, 3.8) is 0 Å². The Morgan fingerprint density at radius 1 is 0.885 bits per heavy atom. The highest BCUT2D eigenvalue weighted by Crippen LogP contribution is 2.26. The second kappa shape index (κ2) is 8.82. The van der Waals surface area contributed by atoms with Crippen molar-refractivity contribution in [2.24, 2.45) is 4.99 Å². The molecule has 0 spiro atoms. The van der Waals surface area contributed by atoms with Crippen molar-refractivity contribution in [1.82, 2.24) is 0 Å². The number of ether oxygens (including phenoxy) is 1. The van der Waals surface area contributed by atoms with Gasteiger partial charge in [-0.3, -0.25) is 4.99 Å². The first kappa shape index (κ1) is 17.7. The van der Waals surface area contributed by atoms with Crippen LogP contribution in [0.2, 0.25) is 0 Å². The molecule has 0 aliphatic heterocycles. The molecule has 2 nitrogen and oxygen atoms in total. The molecule has 0 aromatic heterocycles. The van der Waals surface area contributed by atoms with Crippen LogP contribution in [0, 0.1) is 0 Å². The van der Waals surface area contributed by atoms with Gasteiger partial charge in [-0.1, -0.05) is 78.9 Å². The molecule has 0 aliphatic carbocycles.